The molecule has 26 heavy (non-hydrogen) atoms. The smallest absolute Gasteiger partial charge is 0.243 e. The summed E-state index contributed by atoms with van der Waals surface area (Å²) in [6.45, 7) is 2.66. The van der Waals surface area contributed by atoms with Crippen molar-refractivity contribution in [3.8, 4) is 0 Å². The second-order valence-electron chi connectivity index (χ2n) is 6.62. The molecule has 0 radical (unpaired) electrons. The number of hydrogen-bond donors (Lipinski definition) is 1. The van der Waals surface area contributed by atoms with E-state index in [2.05, 4.69) is 11.4 Å². The Morgan fingerprint density at radius 1 is 1.04 bits per heavy atom. The molecular formula is C22H22N2O2. The summed E-state index contributed by atoms with van der Waals surface area (Å²) in [5.41, 5.74) is 3.34. The molecule has 0 bridgehead atoms. The molecule has 4 nitrogen and oxygen atoms in total. The number of carbonyl (C=O) groups excluding carboxylic acids is 1. The molecule has 0 aliphatic carbocycles. The Hall–Kier alpha value is -2.85. The Labute approximate surface area is 153 Å². The molecule has 1 aliphatic heterocycles. The van der Waals surface area contributed by atoms with E-state index >= 15 is 0 Å². The minimum atomic E-state index is -0.337. The number of rotatable bonds is 5. The van der Waals surface area contributed by atoms with Gasteiger partial charge in [0, 0.05) is 12.2 Å². The quantitative estimate of drug-likeness (QED) is 0.761. The van der Waals surface area contributed by atoms with Gasteiger partial charge in [-0.25, -0.2) is 0 Å². The third-order valence-electron chi connectivity index (χ3n) is 4.90. The molecule has 4 rings (SSSR count). The summed E-state index contributed by atoms with van der Waals surface area (Å²) in [4.78, 5) is 15.0. The van der Waals surface area contributed by atoms with E-state index < -0.39 is 0 Å². The minimum Gasteiger partial charge on any atom is -0.467 e. The van der Waals surface area contributed by atoms with Gasteiger partial charge in [0.05, 0.1) is 18.3 Å². The lowest BCUT2D eigenvalue weighted by molar-refractivity contribution is -0.120. The first-order chi connectivity index (χ1) is 12.7. The van der Waals surface area contributed by atoms with Crippen LogP contribution >= 0.6 is 0 Å². The van der Waals surface area contributed by atoms with Crippen LogP contribution in [-0.4, -0.2) is 18.5 Å². The molecular weight excluding hydrogens is 324 g/mol. The maximum atomic E-state index is 13.1. The number of hydrogen-bond acceptors (Lipinski definition) is 3. The van der Waals surface area contributed by atoms with E-state index in [1.807, 2.05) is 72.5 Å². The summed E-state index contributed by atoms with van der Waals surface area (Å²) in [6, 6.07) is 21.5. The Morgan fingerprint density at radius 2 is 1.81 bits per heavy atom. The van der Waals surface area contributed by atoms with Crippen molar-refractivity contribution < 1.29 is 9.21 Å². The number of anilines is 1. The van der Waals surface area contributed by atoms with Crippen molar-refractivity contribution in [1.82, 2.24) is 5.32 Å². The summed E-state index contributed by atoms with van der Waals surface area (Å²) >= 11 is 0. The predicted molar refractivity (Wildman–Crippen MR) is 102 cm³/mol. The molecule has 1 N–H and O–H groups in total. The highest BCUT2D eigenvalue weighted by Crippen LogP contribution is 2.29. The maximum absolute atomic E-state index is 13.1. The molecule has 2 atom stereocenters. The third kappa shape index (κ3) is 3.16. The summed E-state index contributed by atoms with van der Waals surface area (Å²) in [5.74, 6) is 0.889. The van der Waals surface area contributed by atoms with Gasteiger partial charge in [-0.1, -0.05) is 48.5 Å². The molecule has 0 saturated carbocycles. The molecule has 2 aromatic carbocycles. The van der Waals surface area contributed by atoms with E-state index in [0.29, 0.717) is 0 Å². The molecule has 132 valence electrons. The van der Waals surface area contributed by atoms with Crippen LogP contribution in [-0.2, 0) is 11.2 Å². The van der Waals surface area contributed by atoms with Gasteiger partial charge in [0.15, 0.2) is 0 Å². The van der Waals surface area contributed by atoms with Crippen molar-refractivity contribution >= 4 is 11.6 Å². The minimum absolute atomic E-state index is 0.0856. The topological polar surface area (TPSA) is 45.5 Å². The molecule has 0 saturated heterocycles. The van der Waals surface area contributed by atoms with Crippen molar-refractivity contribution in [2.45, 2.75) is 25.4 Å². The molecule has 0 fully saturated rings. The fraction of sp³-hybridized carbons (Fsp3) is 0.227. The summed E-state index contributed by atoms with van der Waals surface area (Å²) < 4.78 is 5.63. The largest absolute Gasteiger partial charge is 0.467 e. The van der Waals surface area contributed by atoms with Crippen molar-refractivity contribution in [1.29, 1.82) is 0 Å². The van der Waals surface area contributed by atoms with Crippen LogP contribution < -0.4 is 10.2 Å². The average molecular weight is 346 g/mol. The fourth-order valence-corrected chi connectivity index (χ4v) is 3.57. The number of nitrogens with one attached hydrogen (secondary N) is 1. The fourth-order valence-electron chi connectivity index (χ4n) is 3.57. The van der Waals surface area contributed by atoms with Crippen LogP contribution in [0.5, 0.6) is 0 Å². The monoisotopic (exact) mass is 346 g/mol. The molecule has 3 aromatic rings. The van der Waals surface area contributed by atoms with Crippen LogP contribution in [0.3, 0.4) is 0 Å². The van der Waals surface area contributed by atoms with E-state index in [9.17, 15) is 4.79 Å². The van der Waals surface area contributed by atoms with Crippen molar-refractivity contribution in [2.75, 3.05) is 11.4 Å². The second-order valence-corrected chi connectivity index (χ2v) is 6.62. The van der Waals surface area contributed by atoms with Gasteiger partial charge >= 0.3 is 0 Å². The number of furan rings is 1. The van der Waals surface area contributed by atoms with Crippen molar-refractivity contribution in [3.05, 3.63) is 89.9 Å². The van der Waals surface area contributed by atoms with E-state index in [1.165, 1.54) is 5.56 Å². The van der Waals surface area contributed by atoms with E-state index in [1.54, 1.807) is 6.26 Å². The lowest BCUT2D eigenvalue weighted by Gasteiger charge is -2.26. The van der Waals surface area contributed by atoms with Crippen LogP contribution in [0.25, 0.3) is 0 Å². The molecule has 0 spiro atoms. The third-order valence-corrected chi connectivity index (χ3v) is 4.90. The Kier molecular flexibility index (Phi) is 4.59. The summed E-state index contributed by atoms with van der Waals surface area (Å²) in [5, 5.41) is 3.46. The van der Waals surface area contributed by atoms with E-state index in [-0.39, 0.29) is 18.0 Å². The molecule has 2 heterocycles. The van der Waals surface area contributed by atoms with Gasteiger partial charge in [0.2, 0.25) is 5.91 Å². The van der Waals surface area contributed by atoms with Gasteiger partial charge in [-0.15, -0.1) is 0 Å². The molecule has 1 aromatic heterocycles. The van der Waals surface area contributed by atoms with E-state index in [4.69, 9.17) is 4.42 Å². The Balaban J connectivity index is 1.56. The first-order valence-corrected chi connectivity index (χ1v) is 8.98. The standard InChI is InChI=1S/C22H22N2O2/c1-16(22(25)24-14-13-17-8-5-6-11-19(17)24)23-21(20-12-7-15-26-20)18-9-3-2-4-10-18/h2-12,15-16,21,23H,13-14H2,1H3/t16-,21-/m1/s1. The first-order valence-electron chi connectivity index (χ1n) is 8.98. The lowest BCUT2D eigenvalue weighted by atomic mass is 10.0. The first kappa shape index (κ1) is 16.6. The zero-order valence-corrected chi connectivity index (χ0v) is 14.8. The van der Waals surface area contributed by atoms with Crippen LogP contribution in [0.1, 0.15) is 29.9 Å². The van der Waals surface area contributed by atoms with Gasteiger partial charge in [-0.05, 0) is 42.7 Å². The average Bonchev–Trinajstić information content (AvgIpc) is 3.36. The normalized spacial score (nSPS) is 15.5. The zero-order valence-electron chi connectivity index (χ0n) is 14.8. The second kappa shape index (κ2) is 7.18. The Morgan fingerprint density at radius 3 is 2.58 bits per heavy atom. The number of benzene rings is 2. The lowest BCUT2D eigenvalue weighted by Crippen LogP contribution is -2.45. The highest BCUT2D eigenvalue weighted by atomic mass is 16.3. The number of carbonyl (C=O) groups is 1. The molecule has 0 unspecified atom stereocenters. The predicted octanol–water partition coefficient (Wildman–Crippen LogP) is 3.94. The Bertz CT molecular complexity index is 874. The molecule has 1 amide bonds. The van der Waals surface area contributed by atoms with Crippen LogP contribution in [0.15, 0.2) is 77.4 Å². The van der Waals surface area contributed by atoms with Gasteiger partial charge < -0.3 is 9.32 Å². The van der Waals surface area contributed by atoms with Gasteiger partial charge in [0.25, 0.3) is 0 Å². The van der Waals surface area contributed by atoms with Gasteiger partial charge in [0.1, 0.15) is 5.76 Å². The van der Waals surface area contributed by atoms with Crippen LogP contribution in [0.4, 0.5) is 5.69 Å². The summed E-state index contributed by atoms with van der Waals surface area (Å²) in [6.07, 6.45) is 2.57. The van der Waals surface area contributed by atoms with Crippen LogP contribution in [0.2, 0.25) is 0 Å². The van der Waals surface area contributed by atoms with Crippen molar-refractivity contribution in [2.24, 2.45) is 0 Å². The molecule has 4 heteroatoms. The van der Waals surface area contributed by atoms with Gasteiger partial charge in [-0.2, -0.15) is 0 Å². The van der Waals surface area contributed by atoms with Gasteiger partial charge in [-0.3, -0.25) is 10.1 Å². The number of fused-ring (bicyclic) bond motifs is 1. The van der Waals surface area contributed by atoms with E-state index in [0.717, 1.165) is 30.0 Å². The molecule has 1 aliphatic rings. The number of amides is 1. The maximum Gasteiger partial charge on any atom is 0.243 e. The number of para-hydroxylation sites is 1. The SMILES string of the molecule is C[C@@H](N[C@H](c1ccccc1)c1ccco1)C(=O)N1CCc2ccccc21. The highest BCUT2D eigenvalue weighted by Gasteiger charge is 2.30. The van der Waals surface area contributed by atoms with Crippen LogP contribution in [0, 0.1) is 0 Å². The number of nitrogens with zero attached hydrogens (tertiary/aromatic N) is 1. The highest BCUT2D eigenvalue weighted by molar-refractivity contribution is 5.98. The zero-order chi connectivity index (χ0) is 17.9. The summed E-state index contributed by atoms with van der Waals surface area (Å²) in [7, 11) is 0. The van der Waals surface area contributed by atoms with Crippen molar-refractivity contribution in [3.63, 3.8) is 0 Å².